The predicted molar refractivity (Wildman–Crippen MR) is 110 cm³/mol. The van der Waals surface area contributed by atoms with Gasteiger partial charge in [0.15, 0.2) is 0 Å². The molecule has 25 heavy (non-hydrogen) atoms. The Hall–Kier alpha value is -1.76. The molecule has 0 heterocycles. The largest absolute Gasteiger partial charge is 0.398 e. The summed E-state index contributed by atoms with van der Waals surface area (Å²) in [6.07, 6.45) is 1.08. The highest BCUT2D eigenvalue weighted by molar-refractivity contribution is 5.89. The van der Waals surface area contributed by atoms with Crippen molar-refractivity contribution in [3.63, 3.8) is 0 Å². The Labute approximate surface area is 153 Å². The molecule has 1 heteroatoms. The van der Waals surface area contributed by atoms with E-state index < -0.39 is 0 Å². The van der Waals surface area contributed by atoms with Gasteiger partial charge in [-0.15, -0.1) is 0 Å². The highest BCUT2D eigenvalue weighted by Crippen LogP contribution is 2.54. The van der Waals surface area contributed by atoms with Crippen LogP contribution < -0.4 is 5.73 Å². The number of hydrogen-bond donors (Lipinski definition) is 1. The van der Waals surface area contributed by atoms with Crippen molar-refractivity contribution in [2.24, 2.45) is 0 Å². The van der Waals surface area contributed by atoms with Crippen molar-refractivity contribution in [3.05, 3.63) is 52.6 Å². The third kappa shape index (κ3) is 2.69. The first-order valence-electron chi connectivity index (χ1n) is 9.49. The molecule has 0 saturated heterocycles. The van der Waals surface area contributed by atoms with Crippen LogP contribution in [-0.2, 0) is 16.2 Å². The van der Waals surface area contributed by atoms with Crippen LogP contribution in [0.1, 0.15) is 84.1 Å². The summed E-state index contributed by atoms with van der Waals surface area (Å²) in [6, 6.07) is 11.6. The van der Waals surface area contributed by atoms with Gasteiger partial charge >= 0.3 is 0 Å². The van der Waals surface area contributed by atoms with E-state index in [2.05, 4.69) is 85.7 Å². The van der Waals surface area contributed by atoms with Gasteiger partial charge in [-0.05, 0) is 51.1 Å². The fourth-order valence-electron chi connectivity index (χ4n) is 4.04. The first-order valence-corrected chi connectivity index (χ1v) is 9.49. The number of nitrogens with two attached hydrogens (primary N) is 1. The highest BCUT2D eigenvalue weighted by Gasteiger charge is 2.40. The molecule has 2 aromatic carbocycles. The van der Waals surface area contributed by atoms with Gasteiger partial charge in [0.2, 0.25) is 0 Å². The van der Waals surface area contributed by atoms with E-state index in [-0.39, 0.29) is 16.2 Å². The molecule has 1 unspecified atom stereocenters. The number of nitrogen functional groups attached to an aromatic ring is 1. The summed E-state index contributed by atoms with van der Waals surface area (Å²) in [4.78, 5) is 0. The second-order valence-corrected chi connectivity index (χ2v) is 9.93. The number of fused-ring (bicyclic) bond motifs is 3. The smallest absolute Gasteiger partial charge is 0.0399 e. The molecule has 0 aliphatic heterocycles. The summed E-state index contributed by atoms with van der Waals surface area (Å²) in [5.41, 5.74) is 15.9. The van der Waals surface area contributed by atoms with Gasteiger partial charge in [-0.3, -0.25) is 0 Å². The van der Waals surface area contributed by atoms with Crippen LogP contribution >= 0.6 is 0 Å². The molecule has 0 aromatic heterocycles. The van der Waals surface area contributed by atoms with E-state index in [1.54, 1.807) is 0 Å². The van der Waals surface area contributed by atoms with Gasteiger partial charge in [0, 0.05) is 16.7 Å². The Morgan fingerprint density at radius 3 is 1.92 bits per heavy atom. The Bertz CT molecular complexity index is 830. The molecule has 3 rings (SSSR count). The van der Waals surface area contributed by atoms with Crippen molar-refractivity contribution in [1.29, 1.82) is 0 Å². The fourth-order valence-corrected chi connectivity index (χ4v) is 4.04. The van der Waals surface area contributed by atoms with Crippen LogP contribution in [0.3, 0.4) is 0 Å². The maximum Gasteiger partial charge on any atom is 0.0399 e. The molecule has 0 bridgehead atoms. The van der Waals surface area contributed by atoms with E-state index in [1.165, 1.54) is 33.4 Å². The zero-order valence-corrected chi connectivity index (χ0v) is 17.2. The summed E-state index contributed by atoms with van der Waals surface area (Å²) in [5, 5.41) is 0. The number of rotatable bonds is 1. The molecule has 0 spiro atoms. The van der Waals surface area contributed by atoms with E-state index in [0.29, 0.717) is 0 Å². The lowest BCUT2D eigenvalue weighted by molar-refractivity contribution is 0.548. The fraction of sp³-hybridized carbons (Fsp3) is 0.500. The van der Waals surface area contributed by atoms with Crippen LogP contribution in [-0.4, -0.2) is 0 Å². The van der Waals surface area contributed by atoms with E-state index in [0.717, 1.165) is 12.1 Å². The van der Waals surface area contributed by atoms with E-state index in [1.807, 2.05) is 0 Å². The van der Waals surface area contributed by atoms with Gasteiger partial charge in [-0.25, -0.2) is 0 Å². The molecule has 0 amide bonds. The minimum Gasteiger partial charge on any atom is -0.398 e. The van der Waals surface area contributed by atoms with Crippen LogP contribution in [0.4, 0.5) is 5.69 Å². The van der Waals surface area contributed by atoms with Crippen molar-refractivity contribution in [3.8, 4) is 11.1 Å². The van der Waals surface area contributed by atoms with Crippen LogP contribution in [0, 0.1) is 0 Å². The lowest BCUT2D eigenvalue weighted by Crippen LogP contribution is -2.22. The van der Waals surface area contributed by atoms with E-state index in [4.69, 9.17) is 5.73 Å². The minimum absolute atomic E-state index is 0.0291. The van der Waals surface area contributed by atoms with Gasteiger partial charge in [0.25, 0.3) is 0 Å². The summed E-state index contributed by atoms with van der Waals surface area (Å²) in [5.74, 6) is 0. The Balaban J connectivity index is 2.32. The molecule has 0 radical (unpaired) electrons. The third-order valence-electron chi connectivity index (χ3n) is 6.09. The van der Waals surface area contributed by atoms with Crippen LogP contribution in [0.2, 0.25) is 0 Å². The maximum absolute atomic E-state index is 6.58. The topological polar surface area (TPSA) is 26.0 Å². The van der Waals surface area contributed by atoms with Crippen molar-refractivity contribution >= 4 is 5.69 Å². The van der Waals surface area contributed by atoms with Gasteiger partial charge in [0.1, 0.15) is 0 Å². The highest BCUT2D eigenvalue weighted by atomic mass is 14.6. The Morgan fingerprint density at radius 2 is 1.40 bits per heavy atom. The Morgan fingerprint density at radius 1 is 0.840 bits per heavy atom. The summed E-state index contributed by atoms with van der Waals surface area (Å²) in [6.45, 7) is 18.3. The monoisotopic (exact) mass is 335 g/mol. The molecule has 1 aliphatic carbocycles. The zero-order valence-electron chi connectivity index (χ0n) is 17.2. The van der Waals surface area contributed by atoms with Crippen LogP contribution in [0.15, 0.2) is 30.3 Å². The van der Waals surface area contributed by atoms with Crippen molar-refractivity contribution in [2.75, 3.05) is 5.73 Å². The van der Waals surface area contributed by atoms with E-state index >= 15 is 0 Å². The molecule has 1 atom stereocenters. The number of anilines is 1. The van der Waals surface area contributed by atoms with Crippen LogP contribution in [0.5, 0.6) is 0 Å². The van der Waals surface area contributed by atoms with Crippen LogP contribution in [0.25, 0.3) is 11.1 Å². The molecule has 2 N–H and O–H groups in total. The molecular formula is C24H33N. The third-order valence-corrected chi connectivity index (χ3v) is 6.09. The number of benzene rings is 2. The molecule has 2 aromatic rings. The normalized spacial score (nSPS) is 19.7. The van der Waals surface area contributed by atoms with Crippen molar-refractivity contribution in [2.45, 2.75) is 78.1 Å². The average Bonchev–Trinajstić information content (AvgIpc) is 2.76. The van der Waals surface area contributed by atoms with E-state index in [9.17, 15) is 0 Å². The maximum atomic E-state index is 6.58. The first-order chi connectivity index (χ1) is 11.4. The summed E-state index contributed by atoms with van der Waals surface area (Å²) >= 11 is 0. The second kappa shape index (κ2) is 5.37. The predicted octanol–water partition coefficient (Wildman–Crippen LogP) is 6.56. The standard InChI is InChI=1S/C24H33N/c1-9-24(8)18-12-15(22(2,3)4)10-11-17(18)21-19(24)13-16(14-20(21)25)23(5,6)7/h10-14H,9,25H2,1-8H3. The second-order valence-electron chi connectivity index (χ2n) is 9.93. The van der Waals surface area contributed by atoms with Gasteiger partial charge in [0.05, 0.1) is 0 Å². The van der Waals surface area contributed by atoms with Crippen molar-refractivity contribution < 1.29 is 0 Å². The number of hydrogen-bond acceptors (Lipinski definition) is 1. The molecular weight excluding hydrogens is 302 g/mol. The lowest BCUT2D eigenvalue weighted by Gasteiger charge is -2.29. The molecule has 134 valence electrons. The molecule has 0 saturated carbocycles. The minimum atomic E-state index is 0.0291. The molecule has 1 nitrogen and oxygen atoms in total. The summed E-state index contributed by atoms with van der Waals surface area (Å²) in [7, 11) is 0. The summed E-state index contributed by atoms with van der Waals surface area (Å²) < 4.78 is 0. The molecule has 1 aliphatic rings. The van der Waals surface area contributed by atoms with Crippen molar-refractivity contribution in [1.82, 2.24) is 0 Å². The Kier molecular flexibility index (Phi) is 3.87. The average molecular weight is 336 g/mol. The lowest BCUT2D eigenvalue weighted by atomic mass is 9.74. The van der Waals surface area contributed by atoms with Gasteiger partial charge in [-0.1, -0.05) is 79.7 Å². The van der Waals surface area contributed by atoms with Gasteiger partial charge < -0.3 is 5.73 Å². The quantitative estimate of drug-likeness (QED) is 0.587. The van der Waals surface area contributed by atoms with Gasteiger partial charge in [-0.2, -0.15) is 0 Å². The first kappa shape index (κ1) is 18.0. The molecule has 0 fully saturated rings. The zero-order chi connectivity index (χ0) is 18.8. The SMILES string of the molecule is CCC1(C)c2cc(C(C)(C)C)ccc2-c2c(N)cc(C(C)(C)C)cc21.